The molecule has 4 nitrogen and oxygen atoms in total. The van der Waals surface area contributed by atoms with Crippen LogP contribution in [-0.2, 0) is 10.0 Å². The highest BCUT2D eigenvalue weighted by Crippen LogP contribution is 2.56. The van der Waals surface area contributed by atoms with Crippen LogP contribution < -0.4 is 0 Å². The molecule has 3 fully saturated rings. The number of nitrogens with zero attached hydrogens (tertiary/aromatic N) is 1. The number of hydrogen-bond acceptors (Lipinski definition) is 3. The molecule has 1 unspecified atom stereocenters. The van der Waals surface area contributed by atoms with Gasteiger partial charge < -0.3 is 5.11 Å². The van der Waals surface area contributed by atoms with Crippen LogP contribution in [0.25, 0.3) is 0 Å². The van der Waals surface area contributed by atoms with Crippen molar-refractivity contribution in [3.8, 4) is 0 Å². The monoisotopic (exact) mass is 293 g/mol. The molecule has 3 aliphatic rings. The zero-order chi connectivity index (χ0) is 13.9. The summed E-state index contributed by atoms with van der Waals surface area (Å²) in [5.41, 5.74) is 0. The first kappa shape index (κ1) is 12.8. The number of sulfonamides is 1. The molecular formula is C15H19NO3S. The van der Waals surface area contributed by atoms with Gasteiger partial charge in [0.1, 0.15) is 6.23 Å². The van der Waals surface area contributed by atoms with Crippen LogP contribution in [0.1, 0.15) is 25.7 Å². The van der Waals surface area contributed by atoms with E-state index in [1.165, 1.54) is 10.7 Å². The topological polar surface area (TPSA) is 57.6 Å². The van der Waals surface area contributed by atoms with Crippen LogP contribution in [0.5, 0.6) is 0 Å². The molecule has 0 aromatic heterocycles. The summed E-state index contributed by atoms with van der Waals surface area (Å²) in [4.78, 5) is 0.294. The minimum atomic E-state index is -3.58. The van der Waals surface area contributed by atoms with E-state index < -0.39 is 16.3 Å². The third-order valence-electron chi connectivity index (χ3n) is 5.43. The number of fused-ring (bicyclic) bond motifs is 5. The smallest absolute Gasteiger partial charge is 0.245 e. The maximum absolute atomic E-state index is 12.8. The molecule has 0 spiro atoms. The minimum Gasteiger partial charge on any atom is -0.377 e. The molecule has 108 valence electrons. The molecule has 0 radical (unpaired) electrons. The number of aliphatic hydroxyl groups is 1. The highest BCUT2D eigenvalue weighted by Gasteiger charge is 2.58. The average Bonchev–Trinajstić information content (AvgIpc) is 3.10. The Morgan fingerprint density at radius 3 is 2.50 bits per heavy atom. The van der Waals surface area contributed by atoms with Gasteiger partial charge in [0.25, 0.3) is 0 Å². The molecule has 1 aromatic rings. The van der Waals surface area contributed by atoms with Crippen molar-refractivity contribution in [2.24, 2.45) is 17.8 Å². The number of rotatable bonds is 2. The predicted molar refractivity (Wildman–Crippen MR) is 74.2 cm³/mol. The maximum Gasteiger partial charge on any atom is 0.245 e. The van der Waals surface area contributed by atoms with Gasteiger partial charge in [-0.05, 0) is 55.6 Å². The van der Waals surface area contributed by atoms with Crippen LogP contribution in [0.4, 0.5) is 0 Å². The summed E-state index contributed by atoms with van der Waals surface area (Å²) in [6.07, 6.45) is 3.22. The molecule has 20 heavy (non-hydrogen) atoms. The van der Waals surface area contributed by atoms with Crippen molar-refractivity contribution < 1.29 is 13.5 Å². The quantitative estimate of drug-likeness (QED) is 0.905. The summed E-state index contributed by atoms with van der Waals surface area (Å²) in [7, 11) is -3.58. The maximum atomic E-state index is 12.8. The Balaban J connectivity index is 1.75. The van der Waals surface area contributed by atoms with Gasteiger partial charge in [-0.3, -0.25) is 0 Å². The molecule has 1 N–H and O–H groups in total. The Bertz CT molecular complexity index is 615. The third-order valence-corrected chi connectivity index (χ3v) is 7.34. The van der Waals surface area contributed by atoms with Crippen LogP contribution in [0.2, 0.25) is 0 Å². The molecule has 1 aromatic carbocycles. The summed E-state index contributed by atoms with van der Waals surface area (Å²) < 4.78 is 27.1. The fourth-order valence-corrected chi connectivity index (χ4v) is 6.49. The molecule has 2 aliphatic carbocycles. The van der Waals surface area contributed by atoms with E-state index in [1.807, 2.05) is 0 Å². The normalized spacial score (nSPS) is 40.1. The molecule has 1 aliphatic heterocycles. The third kappa shape index (κ3) is 1.63. The summed E-state index contributed by atoms with van der Waals surface area (Å²) in [5, 5.41) is 10.3. The van der Waals surface area contributed by atoms with Crippen molar-refractivity contribution in [1.82, 2.24) is 4.31 Å². The van der Waals surface area contributed by atoms with Gasteiger partial charge in [-0.25, -0.2) is 8.42 Å². The van der Waals surface area contributed by atoms with Gasteiger partial charge in [0.05, 0.1) is 4.90 Å². The Kier molecular flexibility index (Phi) is 2.75. The van der Waals surface area contributed by atoms with Gasteiger partial charge in [0.2, 0.25) is 10.0 Å². The predicted octanol–water partition coefficient (Wildman–Crippen LogP) is 1.81. The summed E-state index contributed by atoms with van der Waals surface area (Å²) in [5.74, 6) is 1.43. The SMILES string of the molecule is O=S(=O)(c1ccccc1)N1C(O)C[C@H]2[C@@H]3CC[C@@H](C3)[C@H]21. The lowest BCUT2D eigenvalue weighted by Crippen LogP contribution is -2.44. The largest absolute Gasteiger partial charge is 0.377 e. The van der Waals surface area contributed by atoms with E-state index in [0.717, 1.165) is 12.8 Å². The van der Waals surface area contributed by atoms with Crippen molar-refractivity contribution in [3.05, 3.63) is 30.3 Å². The lowest BCUT2D eigenvalue weighted by molar-refractivity contribution is 0.0694. The van der Waals surface area contributed by atoms with Crippen LogP contribution >= 0.6 is 0 Å². The molecule has 2 saturated carbocycles. The number of benzene rings is 1. The Morgan fingerprint density at radius 2 is 1.75 bits per heavy atom. The van der Waals surface area contributed by atoms with E-state index in [9.17, 15) is 13.5 Å². The molecule has 5 heteroatoms. The van der Waals surface area contributed by atoms with E-state index in [0.29, 0.717) is 29.1 Å². The van der Waals surface area contributed by atoms with Crippen molar-refractivity contribution in [2.75, 3.05) is 0 Å². The van der Waals surface area contributed by atoms with Crippen molar-refractivity contribution in [1.29, 1.82) is 0 Å². The average molecular weight is 293 g/mol. The van der Waals surface area contributed by atoms with Crippen LogP contribution in [0.3, 0.4) is 0 Å². The van der Waals surface area contributed by atoms with Gasteiger partial charge in [0.15, 0.2) is 0 Å². The first-order valence-electron chi connectivity index (χ1n) is 7.35. The van der Waals surface area contributed by atoms with Gasteiger partial charge in [-0.15, -0.1) is 0 Å². The van der Waals surface area contributed by atoms with E-state index in [1.54, 1.807) is 30.3 Å². The highest BCUT2D eigenvalue weighted by molar-refractivity contribution is 7.89. The van der Waals surface area contributed by atoms with Crippen molar-refractivity contribution in [2.45, 2.75) is 42.8 Å². The van der Waals surface area contributed by atoms with Crippen LogP contribution in [0, 0.1) is 17.8 Å². The van der Waals surface area contributed by atoms with Crippen LogP contribution in [-0.4, -0.2) is 30.1 Å². The fourth-order valence-electron chi connectivity index (χ4n) is 4.69. The van der Waals surface area contributed by atoms with E-state index in [2.05, 4.69) is 0 Å². The van der Waals surface area contributed by atoms with E-state index in [-0.39, 0.29) is 6.04 Å². The number of hydrogen-bond donors (Lipinski definition) is 1. The second-order valence-corrected chi connectivity index (χ2v) is 8.20. The molecule has 2 bridgehead atoms. The molecule has 0 amide bonds. The van der Waals surface area contributed by atoms with Gasteiger partial charge >= 0.3 is 0 Å². The lowest BCUT2D eigenvalue weighted by atomic mass is 9.85. The van der Waals surface area contributed by atoms with Crippen molar-refractivity contribution in [3.63, 3.8) is 0 Å². The van der Waals surface area contributed by atoms with Crippen LogP contribution in [0.15, 0.2) is 35.2 Å². The van der Waals surface area contributed by atoms with Gasteiger partial charge in [-0.2, -0.15) is 4.31 Å². The summed E-state index contributed by atoms with van der Waals surface area (Å²) >= 11 is 0. The minimum absolute atomic E-state index is 0.0222. The number of aliphatic hydroxyl groups excluding tert-OH is 1. The molecule has 4 rings (SSSR count). The van der Waals surface area contributed by atoms with E-state index >= 15 is 0 Å². The molecule has 1 saturated heterocycles. The summed E-state index contributed by atoms with van der Waals surface area (Å²) in [6.45, 7) is 0. The Labute approximate surface area is 119 Å². The molecular weight excluding hydrogens is 274 g/mol. The first-order chi connectivity index (χ1) is 9.59. The standard InChI is InChI=1S/C15H19NO3S/c17-14-9-13-10-6-7-11(8-10)15(13)16(14)20(18,19)12-4-2-1-3-5-12/h1-5,10-11,13-15,17H,6-9H2/t10-,11+,13+,14?,15-/m1/s1. The Morgan fingerprint density at radius 1 is 1.05 bits per heavy atom. The highest BCUT2D eigenvalue weighted by atomic mass is 32.2. The fraction of sp³-hybridized carbons (Fsp3) is 0.600. The second-order valence-electron chi connectivity index (χ2n) is 6.35. The summed E-state index contributed by atoms with van der Waals surface area (Å²) in [6, 6.07) is 8.51. The van der Waals surface area contributed by atoms with Gasteiger partial charge in [0, 0.05) is 6.04 Å². The zero-order valence-electron chi connectivity index (χ0n) is 11.2. The molecule has 5 atom stereocenters. The zero-order valence-corrected chi connectivity index (χ0v) is 12.0. The van der Waals surface area contributed by atoms with Gasteiger partial charge in [-0.1, -0.05) is 18.2 Å². The lowest BCUT2D eigenvalue weighted by Gasteiger charge is -2.31. The first-order valence-corrected chi connectivity index (χ1v) is 8.79. The Hall–Kier alpha value is -0.910. The van der Waals surface area contributed by atoms with Crippen molar-refractivity contribution >= 4 is 10.0 Å². The second kappa shape index (κ2) is 4.29. The molecule has 1 heterocycles. The van der Waals surface area contributed by atoms with E-state index in [4.69, 9.17) is 0 Å².